The largest absolute Gasteiger partial charge is 0.381 e. The van der Waals surface area contributed by atoms with Gasteiger partial charge in [-0.15, -0.1) is 0 Å². The first-order valence-electron chi connectivity index (χ1n) is 5.76. The fourth-order valence-corrected chi connectivity index (χ4v) is 1.59. The highest BCUT2D eigenvalue weighted by Gasteiger charge is 2.10. The first kappa shape index (κ1) is 13.7. The Kier molecular flexibility index (Phi) is 4.04. The third kappa shape index (κ3) is 3.61. The number of benzene rings is 1. The van der Waals surface area contributed by atoms with Gasteiger partial charge in [-0.1, -0.05) is 6.07 Å². The van der Waals surface area contributed by atoms with Gasteiger partial charge < -0.3 is 20.0 Å². The lowest BCUT2D eigenvalue weighted by Gasteiger charge is -2.05. The van der Waals surface area contributed by atoms with Crippen LogP contribution in [0, 0.1) is 15.9 Å². The lowest BCUT2D eigenvalue weighted by Crippen LogP contribution is -2.14. The topological polar surface area (TPSA) is 90.1 Å². The molecule has 0 fully saturated rings. The average molecular weight is 278 g/mol. The van der Waals surface area contributed by atoms with Gasteiger partial charge in [-0.2, -0.15) is 0 Å². The molecule has 0 radical (unpaired) electrons. The zero-order valence-corrected chi connectivity index (χ0v) is 10.3. The number of halogens is 1. The molecule has 1 aromatic heterocycles. The lowest BCUT2D eigenvalue weighted by molar-refractivity contribution is -0.389. The second-order valence-corrected chi connectivity index (χ2v) is 4.04. The summed E-state index contributed by atoms with van der Waals surface area (Å²) >= 11 is 0. The van der Waals surface area contributed by atoms with Crippen LogP contribution in [-0.4, -0.2) is 20.4 Å². The van der Waals surface area contributed by atoms with Crippen molar-refractivity contribution in [2.24, 2.45) is 0 Å². The number of carbonyl (C=O) groups is 1. The van der Waals surface area contributed by atoms with Crippen LogP contribution >= 0.6 is 0 Å². The van der Waals surface area contributed by atoms with Gasteiger partial charge in [-0.25, -0.2) is 4.39 Å². The minimum Gasteiger partial charge on any atom is -0.358 e. The standard InChI is InChI=1S/C12H11FN4O3/c13-9-2-1-3-10(6-9)15-12(18)4-5-16-7-11(14-8-16)17(19)20/h1-3,6-8H,4-5H2,(H,15,18). The van der Waals surface area contributed by atoms with Crippen LogP contribution in [0.1, 0.15) is 6.42 Å². The molecule has 0 saturated heterocycles. The van der Waals surface area contributed by atoms with E-state index < -0.39 is 10.7 Å². The SMILES string of the molecule is O=C(CCn1cnc([N+](=O)[O-])c1)Nc1cccc(F)c1. The lowest BCUT2D eigenvalue weighted by atomic mass is 10.3. The summed E-state index contributed by atoms with van der Waals surface area (Å²) in [7, 11) is 0. The van der Waals surface area contributed by atoms with Crippen molar-refractivity contribution in [1.29, 1.82) is 0 Å². The van der Waals surface area contributed by atoms with Gasteiger partial charge in [0.15, 0.2) is 0 Å². The van der Waals surface area contributed by atoms with E-state index in [9.17, 15) is 19.3 Å². The third-order valence-electron chi connectivity index (χ3n) is 2.51. The summed E-state index contributed by atoms with van der Waals surface area (Å²) in [6.45, 7) is 0.252. The summed E-state index contributed by atoms with van der Waals surface area (Å²) in [5.74, 6) is -1.02. The zero-order chi connectivity index (χ0) is 14.5. The molecule has 1 N–H and O–H groups in total. The van der Waals surface area contributed by atoms with Crippen molar-refractivity contribution in [3.05, 3.63) is 52.7 Å². The molecule has 8 heteroatoms. The van der Waals surface area contributed by atoms with Gasteiger partial charge in [-0.05, 0) is 28.1 Å². The van der Waals surface area contributed by atoms with Crippen molar-refractivity contribution in [3.8, 4) is 0 Å². The molecule has 1 heterocycles. The second-order valence-electron chi connectivity index (χ2n) is 4.04. The van der Waals surface area contributed by atoms with Crippen LogP contribution in [0.3, 0.4) is 0 Å². The molecule has 2 rings (SSSR count). The Bertz CT molecular complexity index is 641. The Morgan fingerprint density at radius 3 is 2.95 bits per heavy atom. The zero-order valence-electron chi connectivity index (χ0n) is 10.3. The molecule has 0 aliphatic rings. The Labute approximate surface area is 113 Å². The molecule has 0 unspecified atom stereocenters. The first-order valence-corrected chi connectivity index (χ1v) is 5.76. The second kappa shape index (κ2) is 5.91. The van der Waals surface area contributed by atoms with Crippen LogP contribution in [0.15, 0.2) is 36.8 Å². The quantitative estimate of drug-likeness (QED) is 0.668. The van der Waals surface area contributed by atoms with Crippen LogP contribution < -0.4 is 5.32 Å². The van der Waals surface area contributed by atoms with E-state index in [-0.39, 0.29) is 24.7 Å². The Morgan fingerprint density at radius 1 is 1.50 bits per heavy atom. The predicted molar refractivity (Wildman–Crippen MR) is 68.5 cm³/mol. The molecule has 1 aromatic carbocycles. The Balaban J connectivity index is 1.87. The third-order valence-corrected chi connectivity index (χ3v) is 2.51. The summed E-state index contributed by atoms with van der Waals surface area (Å²) in [5.41, 5.74) is 0.367. The molecule has 0 bridgehead atoms. The minimum absolute atomic E-state index is 0.101. The molecular weight excluding hydrogens is 267 g/mol. The molecule has 20 heavy (non-hydrogen) atoms. The van der Waals surface area contributed by atoms with Crippen LogP contribution in [0.2, 0.25) is 0 Å². The Hall–Kier alpha value is -2.77. The van der Waals surface area contributed by atoms with Gasteiger partial charge in [0, 0.05) is 18.7 Å². The number of nitrogens with one attached hydrogen (secondary N) is 1. The van der Waals surface area contributed by atoms with Gasteiger partial charge in [0.1, 0.15) is 12.0 Å². The molecule has 2 aromatic rings. The van der Waals surface area contributed by atoms with Crippen molar-refractivity contribution in [1.82, 2.24) is 9.55 Å². The van der Waals surface area contributed by atoms with Gasteiger partial charge >= 0.3 is 5.82 Å². The van der Waals surface area contributed by atoms with E-state index >= 15 is 0 Å². The molecule has 104 valence electrons. The highest BCUT2D eigenvalue weighted by atomic mass is 19.1. The van der Waals surface area contributed by atoms with E-state index in [1.807, 2.05) is 0 Å². The highest BCUT2D eigenvalue weighted by Crippen LogP contribution is 2.10. The summed E-state index contributed by atoms with van der Waals surface area (Å²) in [5, 5.41) is 13.0. The number of aromatic nitrogens is 2. The molecule has 0 atom stereocenters. The summed E-state index contributed by atoms with van der Waals surface area (Å²) in [4.78, 5) is 25.0. The number of amides is 1. The maximum Gasteiger partial charge on any atom is 0.381 e. The maximum atomic E-state index is 12.9. The average Bonchev–Trinajstić information content (AvgIpc) is 2.85. The molecule has 7 nitrogen and oxygen atoms in total. The van der Waals surface area contributed by atoms with E-state index in [1.165, 1.54) is 35.3 Å². The van der Waals surface area contributed by atoms with Crippen LogP contribution in [0.4, 0.5) is 15.9 Å². The van der Waals surface area contributed by atoms with Gasteiger partial charge in [-0.3, -0.25) is 4.79 Å². The van der Waals surface area contributed by atoms with Gasteiger partial charge in [0.05, 0.1) is 0 Å². The number of aryl methyl sites for hydroxylation is 1. The fraction of sp³-hybridized carbons (Fsp3) is 0.167. The van der Waals surface area contributed by atoms with Gasteiger partial charge in [0.25, 0.3) is 0 Å². The molecular formula is C12H11FN4O3. The number of hydrogen-bond donors (Lipinski definition) is 1. The van der Waals surface area contributed by atoms with Crippen LogP contribution in [-0.2, 0) is 11.3 Å². The number of nitrogens with zero attached hydrogens (tertiary/aromatic N) is 3. The number of carbonyl (C=O) groups excluding carboxylic acids is 1. The van der Waals surface area contributed by atoms with Crippen LogP contribution in [0.25, 0.3) is 0 Å². The van der Waals surface area contributed by atoms with Crippen molar-refractivity contribution in [3.63, 3.8) is 0 Å². The van der Waals surface area contributed by atoms with Gasteiger partial charge in [0.2, 0.25) is 12.2 Å². The smallest absolute Gasteiger partial charge is 0.358 e. The predicted octanol–water partition coefficient (Wildman–Crippen LogP) is 1.96. The molecule has 0 aliphatic carbocycles. The number of imidazole rings is 1. The number of nitro groups is 1. The molecule has 0 aliphatic heterocycles. The summed E-state index contributed by atoms with van der Waals surface area (Å²) in [6, 6.07) is 5.55. The van der Waals surface area contributed by atoms with E-state index in [0.29, 0.717) is 5.69 Å². The Morgan fingerprint density at radius 2 is 2.30 bits per heavy atom. The molecule has 1 amide bonds. The summed E-state index contributed by atoms with van der Waals surface area (Å²) in [6.07, 6.45) is 2.63. The number of anilines is 1. The van der Waals surface area contributed by atoms with Crippen molar-refractivity contribution in [2.45, 2.75) is 13.0 Å². The first-order chi connectivity index (χ1) is 9.54. The van der Waals surface area contributed by atoms with E-state index in [4.69, 9.17) is 0 Å². The van der Waals surface area contributed by atoms with Crippen molar-refractivity contribution in [2.75, 3.05) is 5.32 Å². The normalized spacial score (nSPS) is 10.2. The van der Waals surface area contributed by atoms with E-state index in [2.05, 4.69) is 10.3 Å². The summed E-state index contributed by atoms with van der Waals surface area (Å²) < 4.78 is 14.4. The van der Waals surface area contributed by atoms with Crippen molar-refractivity contribution < 1.29 is 14.1 Å². The molecule has 0 spiro atoms. The number of rotatable bonds is 5. The highest BCUT2D eigenvalue weighted by molar-refractivity contribution is 5.90. The monoisotopic (exact) mass is 278 g/mol. The number of hydrogen-bond acceptors (Lipinski definition) is 4. The minimum atomic E-state index is -0.608. The fourth-order valence-electron chi connectivity index (χ4n) is 1.59. The van der Waals surface area contributed by atoms with E-state index in [0.717, 1.165) is 0 Å². The maximum absolute atomic E-state index is 12.9. The molecule has 0 saturated carbocycles. The van der Waals surface area contributed by atoms with Crippen LogP contribution in [0.5, 0.6) is 0 Å². The van der Waals surface area contributed by atoms with Crippen molar-refractivity contribution >= 4 is 17.4 Å². The van der Waals surface area contributed by atoms with E-state index in [1.54, 1.807) is 6.07 Å².